The van der Waals surface area contributed by atoms with Crippen molar-refractivity contribution in [2.75, 3.05) is 18.5 Å². The van der Waals surface area contributed by atoms with E-state index in [9.17, 15) is 18.0 Å². The van der Waals surface area contributed by atoms with E-state index in [4.69, 9.17) is 9.84 Å². The van der Waals surface area contributed by atoms with Crippen LogP contribution in [0.25, 0.3) is 0 Å². The predicted molar refractivity (Wildman–Crippen MR) is 83.0 cm³/mol. The number of aryl methyl sites for hydroxylation is 1. The minimum atomic E-state index is -4.40. The van der Waals surface area contributed by atoms with Crippen LogP contribution in [0.3, 0.4) is 0 Å². The van der Waals surface area contributed by atoms with Crippen molar-refractivity contribution in [3.05, 3.63) is 35.9 Å². The highest BCUT2D eigenvalue weighted by molar-refractivity contribution is 5.89. The molecule has 0 heterocycles. The van der Waals surface area contributed by atoms with Crippen LogP contribution in [0.5, 0.6) is 5.75 Å². The number of benzene rings is 1. The Morgan fingerprint density at radius 1 is 1.38 bits per heavy atom. The van der Waals surface area contributed by atoms with E-state index < -0.39 is 18.8 Å². The van der Waals surface area contributed by atoms with E-state index in [0.29, 0.717) is 17.7 Å². The molecular formula is C16H19F3N2O3. The van der Waals surface area contributed by atoms with Gasteiger partial charge in [0, 0.05) is 24.3 Å². The van der Waals surface area contributed by atoms with Crippen molar-refractivity contribution < 1.29 is 27.8 Å². The van der Waals surface area contributed by atoms with E-state index in [1.807, 2.05) is 12.2 Å². The molecule has 2 atom stereocenters. The molecule has 8 heteroatoms. The van der Waals surface area contributed by atoms with Gasteiger partial charge in [-0.2, -0.15) is 13.2 Å². The number of urea groups is 1. The van der Waals surface area contributed by atoms with Gasteiger partial charge in [-0.25, -0.2) is 4.79 Å². The van der Waals surface area contributed by atoms with Crippen LogP contribution >= 0.6 is 0 Å². The Bertz CT molecular complexity index is 617. The van der Waals surface area contributed by atoms with Crippen molar-refractivity contribution in [1.82, 2.24) is 5.32 Å². The summed E-state index contributed by atoms with van der Waals surface area (Å²) in [4.78, 5) is 11.9. The van der Waals surface area contributed by atoms with Crippen LogP contribution < -0.4 is 15.4 Å². The molecule has 24 heavy (non-hydrogen) atoms. The standard InChI is InChI=1S/C16H19F3N2O3/c1-10-6-12(4-5-14(10)24-9-16(17,18)19)20-15(23)21-13-3-2-11(7-13)8-22/h2-6,11,13,22H,7-9H2,1H3,(H2,20,21,23)/t11-,13+/m0/s1. The lowest BCUT2D eigenvalue weighted by Gasteiger charge is -2.15. The summed E-state index contributed by atoms with van der Waals surface area (Å²) in [7, 11) is 0. The van der Waals surface area contributed by atoms with E-state index in [0.717, 1.165) is 0 Å². The molecule has 2 rings (SSSR count). The Hall–Kier alpha value is -2.22. The summed E-state index contributed by atoms with van der Waals surface area (Å²) in [5.41, 5.74) is 0.934. The second-order valence-corrected chi connectivity index (χ2v) is 5.65. The number of aliphatic hydroxyl groups is 1. The van der Waals surface area contributed by atoms with Crippen molar-refractivity contribution in [3.63, 3.8) is 0 Å². The van der Waals surface area contributed by atoms with Crippen molar-refractivity contribution in [3.8, 4) is 5.75 Å². The molecule has 132 valence electrons. The first-order valence-corrected chi connectivity index (χ1v) is 7.44. The van der Waals surface area contributed by atoms with E-state index in [1.54, 1.807) is 6.92 Å². The van der Waals surface area contributed by atoms with Gasteiger partial charge in [-0.15, -0.1) is 0 Å². The summed E-state index contributed by atoms with van der Waals surface area (Å²) in [6, 6.07) is 3.81. The number of ether oxygens (including phenoxy) is 1. The molecule has 0 aliphatic heterocycles. The van der Waals surface area contributed by atoms with Crippen LogP contribution in [-0.2, 0) is 0 Å². The number of rotatable bonds is 5. The summed E-state index contributed by atoms with van der Waals surface area (Å²) in [5.74, 6) is 0.158. The number of carbonyl (C=O) groups excluding carboxylic acids is 1. The quantitative estimate of drug-likeness (QED) is 0.719. The number of alkyl halides is 3. The number of aliphatic hydroxyl groups excluding tert-OH is 1. The Morgan fingerprint density at radius 2 is 2.12 bits per heavy atom. The molecule has 1 aliphatic carbocycles. The lowest BCUT2D eigenvalue weighted by Crippen LogP contribution is -2.36. The van der Waals surface area contributed by atoms with Crippen LogP contribution in [0.1, 0.15) is 12.0 Å². The average molecular weight is 344 g/mol. The van der Waals surface area contributed by atoms with Crippen LogP contribution in [0.2, 0.25) is 0 Å². The van der Waals surface area contributed by atoms with E-state index in [-0.39, 0.29) is 24.3 Å². The minimum absolute atomic E-state index is 0.0366. The second-order valence-electron chi connectivity index (χ2n) is 5.65. The molecule has 2 amide bonds. The van der Waals surface area contributed by atoms with Gasteiger partial charge < -0.3 is 20.5 Å². The first-order valence-electron chi connectivity index (χ1n) is 7.44. The van der Waals surface area contributed by atoms with E-state index >= 15 is 0 Å². The summed E-state index contributed by atoms with van der Waals surface area (Å²) < 4.78 is 41.2. The second kappa shape index (κ2) is 7.57. The topological polar surface area (TPSA) is 70.6 Å². The Morgan fingerprint density at radius 3 is 2.71 bits per heavy atom. The van der Waals surface area contributed by atoms with Gasteiger partial charge in [0.15, 0.2) is 6.61 Å². The van der Waals surface area contributed by atoms with E-state index in [1.165, 1.54) is 18.2 Å². The van der Waals surface area contributed by atoms with Crippen molar-refractivity contribution in [2.45, 2.75) is 25.6 Å². The Labute approximate surface area is 137 Å². The largest absolute Gasteiger partial charge is 0.484 e. The summed E-state index contributed by atoms with van der Waals surface area (Å²) >= 11 is 0. The van der Waals surface area contributed by atoms with Gasteiger partial charge >= 0.3 is 12.2 Å². The first-order chi connectivity index (χ1) is 11.3. The average Bonchev–Trinajstić information content (AvgIpc) is 2.93. The highest BCUT2D eigenvalue weighted by atomic mass is 19.4. The third-order valence-corrected chi connectivity index (χ3v) is 3.55. The van der Waals surface area contributed by atoms with Gasteiger partial charge in [-0.1, -0.05) is 12.2 Å². The van der Waals surface area contributed by atoms with Gasteiger partial charge in [-0.05, 0) is 37.1 Å². The summed E-state index contributed by atoms with van der Waals surface area (Å²) in [6.07, 6.45) is -0.0979. The summed E-state index contributed by atoms with van der Waals surface area (Å²) in [5, 5.41) is 14.4. The maximum absolute atomic E-state index is 12.2. The minimum Gasteiger partial charge on any atom is -0.484 e. The van der Waals surface area contributed by atoms with Gasteiger partial charge in [0.1, 0.15) is 5.75 Å². The highest BCUT2D eigenvalue weighted by Gasteiger charge is 2.28. The fourth-order valence-corrected chi connectivity index (χ4v) is 2.40. The maximum atomic E-state index is 12.2. The fraction of sp³-hybridized carbons (Fsp3) is 0.438. The SMILES string of the molecule is Cc1cc(NC(=O)N[C@@H]2C=C[C@H](CO)C2)ccc1OCC(F)(F)F. The van der Waals surface area contributed by atoms with Gasteiger partial charge in [0.25, 0.3) is 0 Å². The molecular weight excluding hydrogens is 325 g/mol. The van der Waals surface area contributed by atoms with Crippen molar-refractivity contribution in [1.29, 1.82) is 0 Å². The van der Waals surface area contributed by atoms with Crippen LogP contribution in [0.15, 0.2) is 30.4 Å². The van der Waals surface area contributed by atoms with E-state index in [2.05, 4.69) is 10.6 Å². The molecule has 0 unspecified atom stereocenters. The number of amides is 2. The molecule has 0 aromatic heterocycles. The van der Waals surface area contributed by atoms with Crippen molar-refractivity contribution in [2.24, 2.45) is 5.92 Å². The first kappa shape index (κ1) is 18.1. The normalized spacial score (nSPS) is 20.0. The zero-order valence-electron chi connectivity index (χ0n) is 13.1. The zero-order chi connectivity index (χ0) is 17.7. The van der Waals surface area contributed by atoms with Crippen LogP contribution in [0, 0.1) is 12.8 Å². The number of carbonyl (C=O) groups is 1. The maximum Gasteiger partial charge on any atom is 0.422 e. The van der Waals surface area contributed by atoms with Gasteiger partial charge in [0.05, 0.1) is 0 Å². The predicted octanol–water partition coefficient (Wildman–Crippen LogP) is 2.99. The number of halogens is 3. The molecule has 0 radical (unpaired) electrons. The summed E-state index contributed by atoms with van der Waals surface area (Å²) in [6.45, 7) is 0.274. The molecule has 5 nitrogen and oxygen atoms in total. The molecule has 0 saturated carbocycles. The molecule has 1 aromatic rings. The molecule has 0 spiro atoms. The lowest BCUT2D eigenvalue weighted by atomic mass is 10.1. The van der Waals surface area contributed by atoms with Crippen LogP contribution in [-0.4, -0.2) is 36.6 Å². The number of anilines is 1. The molecule has 0 saturated heterocycles. The smallest absolute Gasteiger partial charge is 0.422 e. The molecule has 1 aliphatic rings. The zero-order valence-corrected chi connectivity index (χ0v) is 13.1. The fourth-order valence-electron chi connectivity index (χ4n) is 2.40. The Balaban J connectivity index is 1.87. The number of hydrogen-bond acceptors (Lipinski definition) is 3. The van der Waals surface area contributed by atoms with Crippen LogP contribution in [0.4, 0.5) is 23.7 Å². The molecule has 3 N–H and O–H groups in total. The molecule has 0 bridgehead atoms. The van der Waals surface area contributed by atoms with Gasteiger partial charge in [0.2, 0.25) is 0 Å². The van der Waals surface area contributed by atoms with Gasteiger partial charge in [-0.3, -0.25) is 0 Å². The number of hydrogen-bond donors (Lipinski definition) is 3. The van der Waals surface area contributed by atoms with Crippen molar-refractivity contribution >= 4 is 11.7 Å². The molecule has 1 aromatic carbocycles. The Kier molecular flexibility index (Phi) is 5.71. The third-order valence-electron chi connectivity index (χ3n) is 3.55. The molecule has 0 fully saturated rings. The lowest BCUT2D eigenvalue weighted by molar-refractivity contribution is -0.153. The third kappa shape index (κ3) is 5.45. The monoisotopic (exact) mass is 344 g/mol. The number of nitrogens with one attached hydrogen (secondary N) is 2. The highest BCUT2D eigenvalue weighted by Crippen LogP contribution is 2.24.